The van der Waals surface area contributed by atoms with Gasteiger partial charge in [0.1, 0.15) is 0 Å². The minimum absolute atomic E-state index is 0. The maximum absolute atomic E-state index is 9.55. The van der Waals surface area contributed by atoms with Crippen LogP contribution < -0.4 is 80.9 Å². The molecule has 8 nitrogen and oxygen atoms in total. The molecule has 0 bridgehead atoms. The van der Waals surface area contributed by atoms with Crippen LogP contribution in [0.5, 0.6) is 0 Å². The van der Waals surface area contributed by atoms with Crippen molar-refractivity contribution < 1.29 is 123 Å². The van der Waals surface area contributed by atoms with Crippen LogP contribution in [0.15, 0.2) is 24.3 Å². The van der Waals surface area contributed by atoms with E-state index in [0.29, 0.717) is 24.3 Å². The van der Waals surface area contributed by atoms with Crippen molar-refractivity contribution in [3.05, 3.63) is 24.3 Å². The largest absolute Gasteiger partial charge is 1.00 e. The molecule has 0 saturated carbocycles. The standard InChI is InChI=1S/2C4H4O4.K.Na.2H/c2*5-3(6)1-2-4(7)8;;;;/h2*1-2H,(H,5,6)(H,7,8);;;;/q;;2*+1;2*-1/b2-1+;2-1-;;;;. The fourth-order valence-corrected chi connectivity index (χ4v) is 0.285. The predicted molar refractivity (Wildman–Crippen MR) is 51.0 cm³/mol. The molecule has 0 aromatic heterocycles. The van der Waals surface area contributed by atoms with Crippen molar-refractivity contribution >= 4 is 23.9 Å². The van der Waals surface area contributed by atoms with E-state index in [0.717, 1.165) is 0 Å². The molecule has 10 heteroatoms. The first kappa shape index (κ1) is 26.5. The molecular formula is C8H10KNaO8. The second kappa shape index (κ2) is 17.0. The number of carboxylic acids is 4. The summed E-state index contributed by atoms with van der Waals surface area (Å²) >= 11 is 0. The molecule has 4 N–H and O–H groups in total. The quantitative estimate of drug-likeness (QED) is 0.295. The van der Waals surface area contributed by atoms with Gasteiger partial charge in [0.2, 0.25) is 0 Å². The Morgan fingerprint density at radius 1 is 0.611 bits per heavy atom. The van der Waals surface area contributed by atoms with Gasteiger partial charge in [-0.1, -0.05) is 0 Å². The first-order chi connectivity index (χ1) is 7.25. The van der Waals surface area contributed by atoms with Crippen molar-refractivity contribution in [3.8, 4) is 0 Å². The molecule has 0 aliphatic heterocycles. The maximum atomic E-state index is 9.55. The SMILES string of the molecule is O=C(O)/C=C/C(=O)O.O=C(O)/C=C\C(=O)O.[H-].[H-].[K+].[Na+]. The van der Waals surface area contributed by atoms with Gasteiger partial charge in [0.05, 0.1) is 0 Å². The van der Waals surface area contributed by atoms with Crippen LogP contribution in [0, 0.1) is 0 Å². The maximum Gasteiger partial charge on any atom is 1.00 e. The zero-order valence-corrected chi connectivity index (χ0v) is 14.9. The van der Waals surface area contributed by atoms with Crippen molar-refractivity contribution in [1.82, 2.24) is 0 Å². The number of carbonyl (C=O) groups is 4. The van der Waals surface area contributed by atoms with Crippen LogP contribution in [0.2, 0.25) is 0 Å². The van der Waals surface area contributed by atoms with E-state index >= 15 is 0 Å². The van der Waals surface area contributed by atoms with E-state index in [1.54, 1.807) is 0 Å². The minimum atomic E-state index is -1.26. The summed E-state index contributed by atoms with van der Waals surface area (Å²) < 4.78 is 0. The van der Waals surface area contributed by atoms with E-state index in [1.165, 1.54) is 0 Å². The number of hydrogen-bond donors (Lipinski definition) is 4. The molecule has 0 aromatic carbocycles. The zero-order valence-electron chi connectivity index (χ0n) is 11.7. The second-order valence-corrected chi connectivity index (χ2v) is 2.02. The Morgan fingerprint density at radius 2 is 0.722 bits per heavy atom. The minimum Gasteiger partial charge on any atom is -1.00 e. The normalized spacial score (nSPS) is 8.44. The van der Waals surface area contributed by atoms with Crippen LogP contribution in [0.3, 0.4) is 0 Å². The Hall–Kier alpha value is -0.00364. The third kappa shape index (κ3) is 36.0. The molecule has 0 atom stereocenters. The van der Waals surface area contributed by atoms with Crippen LogP contribution >= 0.6 is 0 Å². The molecule has 0 rings (SSSR count). The Bertz CT molecular complexity index is 292. The number of rotatable bonds is 4. The summed E-state index contributed by atoms with van der Waals surface area (Å²) in [6.07, 6.45) is 2.23. The molecule has 0 heterocycles. The molecule has 92 valence electrons. The van der Waals surface area contributed by atoms with Crippen LogP contribution in [0.4, 0.5) is 0 Å². The van der Waals surface area contributed by atoms with E-state index < -0.39 is 23.9 Å². The predicted octanol–water partition coefficient (Wildman–Crippen LogP) is -6.34. The Labute approximate surface area is 169 Å². The van der Waals surface area contributed by atoms with Crippen LogP contribution in [0.1, 0.15) is 2.85 Å². The van der Waals surface area contributed by atoms with Gasteiger partial charge in [-0.3, -0.25) is 0 Å². The van der Waals surface area contributed by atoms with Crippen LogP contribution in [0.25, 0.3) is 0 Å². The summed E-state index contributed by atoms with van der Waals surface area (Å²) in [4.78, 5) is 38.2. The van der Waals surface area contributed by atoms with Gasteiger partial charge in [-0.25, -0.2) is 19.2 Å². The van der Waals surface area contributed by atoms with Gasteiger partial charge < -0.3 is 23.3 Å². The smallest absolute Gasteiger partial charge is 1.00 e. The molecule has 0 spiro atoms. The van der Waals surface area contributed by atoms with Gasteiger partial charge >= 0.3 is 105 Å². The van der Waals surface area contributed by atoms with Crippen LogP contribution in [-0.4, -0.2) is 44.3 Å². The van der Waals surface area contributed by atoms with E-state index in [2.05, 4.69) is 0 Å². The topological polar surface area (TPSA) is 149 Å². The summed E-state index contributed by atoms with van der Waals surface area (Å²) in [6, 6.07) is 0. The Balaban J connectivity index is -0.0000000408. The van der Waals surface area contributed by atoms with Gasteiger partial charge in [-0.2, -0.15) is 0 Å². The van der Waals surface area contributed by atoms with E-state index in [9.17, 15) is 19.2 Å². The van der Waals surface area contributed by atoms with Gasteiger partial charge in [0.15, 0.2) is 0 Å². The molecule has 0 amide bonds. The molecule has 0 saturated heterocycles. The van der Waals surface area contributed by atoms with Crippen molar-refractivity contribution in [2.75, 3.05) is 0 Å². The van der Waals surface area contributed by atoms with Crippen molar-refractivity contribution in [2.45, 2.75) is 0 Å². The molecule has 0 fully saturated rings. The summed E-state index contributed by atoms with van der Waals surface area (Å²) in [5, 5.41) is 31.2. The van der Waals surface area contributed by atoms with E-state index in [-0.39, 0.29) is 83.8 Å². The zero-order chi connectivity index (χ0) is 13.1. The van der Waals surface area contributed by atoms with Gasteiger partial charge in [0, 0.05) is 24.3 Å². The fraction of sp³-hybridized carbons (Fsp3) is 0. The first-order valence-electron chi connectivity index (χ1n) is 3.53. The average Bonchev–Trinajstić information content (AvgIpc) is 2.12. The van der Waals surface area contributed by atoms with Gasteiger partial charge in [-0.05, 0) is 0 Å². The number of hydrogen-bond acceptors (Lipinski definition) is 4. The number of aliphatic carboxylic acids is 4. The summed E-state index contributed by atoms with van der Waals surface area (Å²) in [5.74, 6) is -5.03. The Morgan fingerprint density at radius 3 is 0.778 bits per heavy atom. The average molecular weight is 296 g/mol. The third-order valence-corrected chi connectivity index (χ3v) is 0.737. The summed E-state index contributed by atoms with van der Waals surface area (Å²) in [5.41, 5.74) is 0. The molecule has 0 aliphatic rings. The van der Waals surface area contributed by atoms with Gasteiger partial charge in [-0.15, -0.1) is 0 Å². The summed E-state index contributed by atoms with van der Waals surface area (Å²) in [7, 11) is 0. The monoisotopic (exact) mass is 296 g/mol. The third-order valence-electron chi connectivity index (χ3n) is 0.737. The molecule has 18 heavy (non-hydrogen) atoms. The van der Waals surface area contributed by atoms with Crippen molar-refractivity contribution in [3.63, 3.8) is 0 Å². The molecular weight excluding hydrogens is 286 g/mol. The second-order valence-electron chi connectivity index (χ2n) is 2.02. The van der Waals surface area contributed by atoms with Crippen molar-refractivity contribution in [1.29, 1.82) is 0 Å². The van der Waals surface area contributed by atoms with E-state index in [4.69, 9.17) is 20.4 Å². The van der Waals surface area contributed by atoms with Gasteiger partial charge in [0.25, 0.3) is 0 Å². The Kier molecular flexibility index (Phi) is 25.1. The molecule has 0 unspecified atom stereocenters. The summed E-state index contributed by atoms with van der Waals surface area (Å²) in [6.45, 7) is 0. The molecule has 0 aromatic rings. The molecule has 0 aliphatic carbocycles. The number of carboxylic acid groups (broad SMARTS) is 4. The van der Waals surface area contributed by atoms with E-state index in [1.807, 2.05) is 0 Å². The first-order valence-corrected chi connectivity index (χ1v) is 3.53. The van der Waals surface area contributed by atoms with Crippen LogP contribution in [-0.2, 0) is 19.2 Å². The van der Waals surface area contributed by atoms with Crippen molar-refractivity contribution in [2.24, 2.45) is 0 Å². The fourth-order valence-electron chi connectivity index (χ4n) is 0.285. The molecule has 0 radical (unpaired) electrons.